The van der Waals surface area contributed by atoms with Crippen LogP contribution in [-0.2, 0) is 14.8 Å². The molecule has 36 heavy (non-hydrogen) atoms. The number of sulfonamides is 1. The van der Waals surface area contributed by atoms with E-state index in [9.17, 15) is 8.42 Å². The summed E-state index contributed by atoms with van der Waals surface area (Å²) in [4.78, 5) is 5.47. The Kier molecular flexibility index (Phi) is 7.42. The number of nitrogens with zero attached hydrogens (tertiary/aromatic N) is 4. The SMILES string of the molecule is O=S(=O)(c1ccc(N=c2scc(-c3cc(Cl)ccc3Cl)n2N=Cc2ccco2)cc1)N1CCOCC1. The maximum atomic E-state index is 12.9. The Morgan fingerprint density at radius 3 is 2.53 bits per heavy atom. The predicted octanol–water partition coefficient (Wildman–Crippen LogP) is 5.25. The van der Waals surface area contributed by atoms with Crippen LogP contribution >= 0.6 is 34.5 Å². The van der Waals surface area contributed by atoms with Gasteiger partial charge in [0.25, 0.3) is 0 Å². The largest absolute Gasteiger partial charge is 0.463 e. The van der Waals surface area contributed by atoms with Gasteiger partial charge in [0.1, 0.15) is 5.76 Å². The lowest BCUT2D eigenvalue weighted by molar-refractivity contribution is 0.0730. The third-order valence-corrected chi connectivity index (χ3v) is 8.70. The predicted molar refractivity (Wildman–Crippen MR) is 141 cm³/mol. The van der Waals surface area contributed by atoms with Crippen LogP contribution in [0.15, 0.2) is 85.6 Å². The molecule has 0 saturated carbocycles. The Hall–Kier alpha value is -2.73. The summed E-state index contributed by atoms with van der Waals surface area (Å²) in [7, 11) is -3.59. The van der Waals surface area contributed by atoms with Crippen LogP contribution < -0.4 is 4.80 Å². The molecule has 1 aliphatic rings. The van der Waals surface area contributed by atoms with Crippen molar-refractivity contribution in [1.29, 1.82) is 0 Å². The van der Waals surface area contributed by atoms with Gasteiger partial charge in [0.15, 0.2) is 0 Å². The number of hydrogen-bond donors (Lipinski definition) is 0. The first-order chi connectivity index (χ1) is 17.4. The fourth-order valence-corrected chi connectivity index (χ4v) is 6.23. The van der Waals surface area contributed by atoms with Crippen LogP contribution in [0.4, 0.5) is 5.69 Å². The molecule has 8 nitrogen and oxygen atoms in total. The normalized spacial score (nSPS) is 15.7. The molecule has 4 aromatic rings. The molecule has 5 rings (SSSR count). The lowest BCUT2D eigenvalue weighted by Gasteiger charge is -2.26. The minimum atomic E-state index is -3.59. The van der Waals surface area contributed by atoms with E-state index in [2.05, 4.69) is 5.10 Å². The molecule has 0 aliphatic carbocycles. The van der Waals surface area contributed by atoms with Gasteiger partial charge in [0.05, 0.1) is 47.0 Å². The van der Waals surface area contributed by atoms with Crippen LogP contribution in [0, 0.1) is 0 Å². The quantitative estimate of drug-likeness (QED) is 0.300. The third kappa shape index (κ3) is 5.34. The second-order valence-corrected chi connectivity index (χ2v) is 11.3. The van der Waals surface area contributed by atoms with E-state index in [1.165, 1.54) is 15.6 Å². The first-order valence-electron chi connectivity index (χ1n) is 10.9. The van der Waals surface area contributed by atoms with Gasteiger partial charge in [0, 0.05) is 29.1 Å². The molecular formula is C24H20Cl2N4O4S2. The lowest BCUT2D eigenvalue weighted by Crippen LogP contribution is -2.40. The van der Waals surface area contributed by atoms with Crippen molar-refractivity contribution in [3.05, 3.63) is 86.8 Å². The second kappa shape index (κ2) is 10.7. The van der Waals surface area contributed by atoms with Gasteiger partial charge in [-0.15, -0.1) is 11.3 Å². The van der Waals surface area contributed by atoms with Gasteiger partial charge in [-0.05, 0) is 54.6 Å². The highest BCUT2D eigenvalue weighted by Crippen LogP contribution is 2.31. The highest BCUT2D eigenvalue weighted by molar-refractivity contribution is 7.89. The Bertz CT molecular complexity index is 1550. The summed E-state index contributed by atoms with van der Waals surface area (Å²) in [6, 6.07) is 15.2. The first kappa shape index (κ1) is 24.9. The van der Waals surface area contributed by atoms with Crippen molar-refractivity contribution < 1.29 is 17.6 Å². The van der Waals surface area contributed by atoms with Gasteiger partial charge in [-0.1, -0.05) is 23.2 Å². The van der Waals surface area contributed by atoms with Crippen LogP contribution in [0.25, 0.3) is 11.3 Å². The molecule has 0 spiro atoms. The topological polar surface area (TPSA) is 89.4 Å². The molecule has 0 radical (unpaired) electrons. The standard InChI is InChI=1S/C24H20Cl2N4O4S2/c25-17-3-8-22(26)21(14-17)23-16-35-24(30(23)27-15-19-2-1-11-34-19)28-18-4-6-20(7-5-18)36(31,32)29-9-12-33-13-10-29/h1-8,11,14-16H,9-10,12-13H2. The molecule has 186 valence electrons. The number of aromatic nitrogens is 1. The average Bonchev–Trinajstić information content (AvgIpc) is 3.55. The van der Waals surface area contributed by atoms with Gasteiger partial charge in [-0.25, -0.2) is 18.1 Å². The van der Waals surface area contributed by atoms with Crippen molar-refractivity contribution in [3.8, 4) is 11.3 Å². The van der Waals surface area contributed by atoms with Gasteiger partial charge < -0.3 is 9.15 Å². The fraction of sp³-hybridized carbons (Fsp3) is 0.167. The minimum absolute atomic E-state index is 0.213. The van der Waals surface area contributed by atoms with Crippen molar-refractivity contribution in [2.45, 2.75) is 4.90 Å². The van der Waals surface area contributed by atoms with Crippen molar-refractivity contribution in [3.63, 3.8) is 0 Å². The van der Waals surface area contributed by atoms with E-state index in [4.69, 9.17) is 37.3 Å². The van der Waals surface area contributed by atoms with Crippen LogP contribution in [0.3, 0.4) is 0 Å². The van der Waals surface area contributed by atoms with E-state index in [0.29, 0.717) is 63.9 Å². The Morgan fingerprint density at radius 1 is 1.03 bits per heavy atom. The molecule has 0 atom stereocenters. The number of rotatable bonds is 6. The van der Waals surface area contributed by atoms with E-state index in [-0.39, 0.29) is 4.90 Å². The molecule has 0 amide bonds. The zero-order chi connectivity index (χ0) is 25.1. The Morgan fingerprint density at radius 2 is 1.81 bits per heavy atom. The molecule has 1 fully saturated rings. The molecule has 1 aliphatic heterocycles. The third-order valence-electron chi connectivity index (χ3n) is 5.40. The van der Waals surface area contributed by atoms with Crippen LogP contribution in [0.2, 0.25) is 10.0 Å². The Labute approximate surface area is 221 Å². The zero-order valence-corrected chi connectivity index (χ0v) is 21.9. The molecule has 0 bridgehead atoms. The van der Waals surface area contributed by atoms with E-state index < -0.39 is 10.0 Å². The first-order valence-corrected chi connectivity index (χ1v) is 14.0. The molecule has 12 heteroatoms. The number of furan rings is 1. The number of benzene rings is 2. The van der Waals surface area contributed by atoms with Crippen LogP contribution in [0.1, 0.15) is 5.76 Å². The summed E-state index contributed by atoms with van der Waals surface area (Å²) in [6.07, 6.45) is 3.14. The smallest absolute Gasteiger partial charge is 0.243 e. The summed E-state index contributed by atoms with van der Waals surface area (Å²) in [5.41, 5.74) is 1.97. The highest BCUT2D eigenvalue weighted by atomic mass is 35.5. The van der Waals surface area contributed by atoms with Crippen molar-refractivity contribution in [2.75, 3.05) is 26.3 Å². The molecule has 0 N–H and O–H groups in total. The molecule has 0 unspecified atom stereocenters. The van der Waals surface area contributed by atoms with Gasteiger partial charge in [-0.3, -0.25) is 0 Å². The number of halogens is 2. The monoisotopic (exact) mass is 562 g/mol. The minimum Gasteiger partial charge on any atom is -0.463 e. The average molecular weight is 563 g/mol. The van der Waals surface area contributed by atoms with Crippen molar-refractivity contribution in [1.82, 2.24) is 8.98 Å². The molecule has 2 aromatic heterocycles. The molecule has 1 saturated heterocycles. The van der Waals surface area contributed by atoms with Gasteiger partial charge in [-0.2, -0.15) is 9.41 Å². The summed E-state index contributed by atoms with van der Waals surface area (Å²) < 4.78 is 39.5. The van der Waals surface area contributed by atoms with E-state index in [0.717, 1.165) is 0 Å². The summed E-state index contributed by atoms with van der Waals surface area (Å²) >= 11 is 14.0. The second-order valence-electron chi connectivity index (χ2n) is 7.72. The van der Waals surface area contributed by atoms with E-state index >= 15 is 0 Å². The summed E-state index contributed by atoms with van der Waals surface area (Å²) in [5, 5.41) is 7.51. The van der Waals surface area contributed by atoms with Crippen LogP contribution in [-0.4, -0.2) is 49.9 Å². The van der Waals surface area contributed by atoms with E-state index in [1.54, 1.807) is 71.8 Å². The molecule has 3 heterocycles. The number of morpholine rings is 1. The van der Waals surface area contributed by atoms with Crippen molar-refractivity contribution >= 4 is 56.5 Å². The highest BCUT2D eigenvalue weighted by Gasteiger charge is 2.26. The van der Waals surface area contributed by atoms with Crippen LogP contribution in [0.5, 0.6) is 0 Å². The number of thiazole rings is 1. The maximum absolute atomic E-state index is 12.9. The van der Waals surface area contributed by atoms with Gasteiger partial charge in [0.2, 0.25) is 14.8 Å². The molecular weight excluding hydrogens is 543 g/mol. The summed E-state index contributed by atoms with van der Waals surface area (Å²) in [5.74, 6) is 0.570. The summed E-state index contributed by atoms with van der Waals surface area (Å²) in [6.45, 7) is 1.46. The van der Waals surface area contributed by atoms with E-state index in [1.807, 2.05) is 5.38 Å². The zero-order valence-electron chi connectivity index (χ0n) is 18.8. The fourth-order valence-electron chi connectivity index (χ4n) is 3.59. The number of hydrogen-bond acceptors (Lipinski definition) is 7. The lowest BCUT2D eigenvalue weighted by atomic mass is 10.2. The van der Waals surface area contributed by atoms with Gasteiger partial charge >= 0.3 is 0 Å². The molecule has 2 aromatic carbocycles. The van der Waals surface area contributed by atoms with Crippen molar-refractivity contribution in [2.24, 2.45) is 10.1 Å². The number of ether oxygens (including phenoxy) is 1. The maximum Gasteiger partial charge on any atom is 0.243 e. The Balaban J connectivity index is 1.54.